The van der Waals surface area contributed by atoms with Crippen molar-refractivity contribution < 1.29 is 0 Å². The van der Waals surface area contributed by atoms with E-state index in [1.807, 2.05) is 12.3 Å². The Hall–Kier alpha value is -0.840. The van der Waals surface area contributed by atoms with Crippen LogP contribution in [-0.2, 0) is 0 Å². The highest BCUT2D eigenvalue weighted by Crippen LogP contribution is 2.29. The molecule has 0 amide bonds. The summed E-state index contributed by atoms with van der Waals surface area (Å²) >= 11 is 6.22. The molecule has 1 aromatic heterocycles. The van der Waals surface area contributed by atoms with Crippen molar-refractivity contribution in [3.8, 4) is 0 Å². The molecule has 19 heavy (non-hydrogen) atoms. The van der Waals surface area contributed by atoms with Crippen molar-refractivity contribution in [2.45, 2.75) is 31.3 Å². The Bertz CT molecular complexity index is 431. The summed E-state index contributed by atoms with van der Waals surface area (Å²) in [5, 5.41) is 0.754. The van der Waals surface area contributed by atoms with Crippen molar-refractivity contribution >= 4 is 17.3 Å². The van der Waals surface area contributed by atoms with E-state index in [4.69, 9.17) is 17.3 Å². The fourth-order valence-electron chi connectivity index (χ4n) is 3.17. The first-order valence-corrected chi connectivity index (χ1v) is 7.46. The van der Waals surface area contributed by atoms with Gasteiger partial charge >= 0.3 is 0 Å². The number of anilines is 1. The zero-order chi connectivity index (χ0) is 13.2. The maximum Gasteiger partial charge on any atom is 0.0822 e. The first-order chi connectivity index (χ1) is 9.24. The maximum atomic E-state index is 6.22. The Labute approximate surface area is 119 Å². The van der Waals surface area contributed by atoms with E-state index in [2.05, 4.69) is 14.8 Å². The van der Waals surface area contributed by atoms with Crippen molar-refractivity contribution in [1.29, 1.82) is 0 Å². The van der Waals surface area contributed by atoms with Crippen LogP contribution in [0.15, 0.2) is 18.5 Å². The lowest BCUT2D eigenvalue weighted by atomic mass is 10.0. The smallest absolute Gasteiger partial charge is 0.0822 e. The molecule has 2 fully saturated rings. The fraction of sp³-hybridized carbons (Fsp3) is 0.643. The summed E-state index contributed by atoms with van der Waals surface area (Å²) in [7, 11) is 0. The van der Waals surface area contributed by atoms with Gasteiger partial charge in [0, 0.05) is 37.6 Å². The Morgan fingerprint density at radius 2 is 2.00 bits per heavy atom. The van der Waals surface area contributed by atoms with Gasteiger partial charge in [-0.15, -0.1) is 0 Å². The van der Waals surface area contributed by atoms with E-state index < -0.39 is 0 Å². The van der Waals surface area contributed by atoms with Crippen molar-refractivity contribution in [2.75, 3.05) is 31.1 Å². The van der Waals surface area contributed by atoms with Crippen LogP contribution < -0.4 is 10.6 Å². The lowest BCUT2D eigenvalue weighted by Gasteiger charge is -2.34. The lowest BCUT2D eigenvalue weighted by molar-refractivity contribution is 0.163. The van der Waals surface area contributed by atoms with Crippen molar-refractivity contribution in [3.63, 3.8) is 0 Å². The van der Waals surface area contributed by atoms with E-state index in [0.717, 1.165) is 49.7 Å². The van der Waals surface area contributed by atoms with Crippen LogP contribution >= 0.6 is 11.6 Å². The topological polar surface area (TPSA) is 45.4 Å². The van der Waals surface area contributed by atoms with E-state index in [-0.39, 0.29) is 0 Å². The van der Waals surface area contributed by atoms with Crippen LogP contribution in [0.1, 0.15) is 19.3 Å². The van der Waals surface area contributed by atoms with Gasteiger partial charge in [0.25, 0.3) is 0 Å². The summed E-state index contributed by atoms with van der Waals surface area (Å²) in [5.41, 5.74) is 7.09. The van der Waals surface area contributed by atoms with E-state index >= 15 is 0 Å². The van der Waals surface area contributed by atoms with Crippen molar-refractivity contribution in [1.82, 2.24) is 9.88 Å². The molecule has 2 N–H and O–H groups in total. The minimum atomic E-state index is 0.406. The molecule has 0 radical (unpaired) electrons. The van der Waals surface area contributed by atoms with Crippen molar-refractivity contribution in [3.05, 3.63) is 23.5 Å². The summed E-state index contributed by atoms with van der Waals surface area (Å²) in [6.07, 6.45) is 7.02. The molecule has 0 saturated carbocycles. The molecule has 0 aromatic carbocycles. The number of nitrogens with two attached hydrogens (primary N) is 1. The fourth-order valence-corrected chi connectivity index (χ4v) is 3.41. The Morgan fingerprint density at radius 1 is 1.21 bits per heavy atom. The predicted molar refractivity (Wildman–Crippen MR) is 78.6 cm³/mol. The molecule has 4 nitrogen and oxygen atoms in total. The number of rotatable bonds is 2. The first-order valence-electron chi connectivity index (χ1n) is 7.08. The van der Waals surface area contributed by atoms with E-state index in [9.17, 15) is 0 Å². The van der Waals surface area contributed by atoms with E-state index in [1.165, 1.54) is 6.42 Å². The average molecular weight is 281 g/mol. The van der Waals surface area contributed by atoms with Gasteiger partial charge in [0.2, 0.25) is 0 Å². The maximum absolute atomic E-state index is 6.22. The summed E-state index contributed by atoms with van der Waals surface area (Å²) in [4.78, 5) is 9.02. The van der Waals surface area contributed by atoms with Crippen molar-refractivity contribution in [2.24, 2.45) is 5.73 Å². The van der Waals surface area contributed by atoms with Gasteiger partial charge in [-0.1, -0.05) is 11.6 Å². The Morgan fingerprint density at radius 3 is 2.74 bits per heavy atom. The van der Waals surface area contributed by atoms with Crippen LogP contribution in [0.2, 0.25) is 5.02 Å². The highest BCUT2D eigenvalue weighted by atomic mass is 35.5. The molecular weight excluding hydrogens is 260 g/mol. The van der Waals surface area contributed by atoms with Gasteiger partial charge in [0.05, 0.1) is 10.7 Å². The number of hydrogen-bond acceptors (Lipinski definition) is 4. The number of pyridine rings is 1. The number of halogens is 1. The molecule has 0 spiro atoms. The standard InChI is InChI=1S/C14H21ClN4/c15-13-9-17-5-1-14(13)19-8-4-12(10-19)18-6-2-11(16)3-7-18/h1,5,9,11-12H,2-4,6-8,10,16H2. The highest BCUT2D eigenvalue weighted by Gasteiger charge is 2.30. The summed E-state index contributed by atoms with van der Waals surface area (Å²) in [6.45, 7) is 4.43. The molecule has 1 aromatic rings. The second kappa shape index (κ2) is 5.65. The van der Waals surface area contributed by atoms with Crippen LogP contribution in [-0.4, -0.2) is 48.1 Å². The third-order valence-corrected chi connectivity index (χ3v) is 4.64. The second-order valence-electron chi connectivity index (χ2n) is 5.59. The number of likely N-dealkylation sites (tertiary alicyclic amines) is 1. The van der Waals surface area contributed by atoms with Gasteiger partial charge in [0.15, 0.2) is 0 Å². The molecule has 104 valence electrons. The third-order valence-electron chi connectivity index (χ3n) is 4.35. The van der Waals surface area contributed by atoms with Gasteiger partial charge < -0.3 is 10.6 Å². The van der Waals surface area contributed by atoms with Crippen LogP contribution in [0.25, 0.3) is 0 Å². The van der Waals surface area contributed by atoms with Crippen LogP contribution in [0.4, 0.5) is 5.69 Å². The van der Waals surface area contributed by atoms with E-state index in [1.54, 1.807) is 6.20 Å². The largest absolute Gasteiger partial charge is 0.369 e. The van der Waals surface area contributed by atoms with E-state index in [0.29, 0.717) is 12.1 Å². The number of piperidine rings is 1. The molecular formula is C14H21ClN4. The summed E-state index contributed by atoms with van der Waals surface area (Å²) in [6, 6.07) is 3.07. The molecule has 5 heteroatoms. The molecule has 1 unspecified atom stereocenters. The van der Waals surface area contributed by atoms with Gasteiger partial charge in [-0.05, 0) is 38.4 Å². The molecule has 0 aliphatic carbocycles. The number of aromatic nitrogens is 1. The second-order valence-corrected chi connectivity index (χ2v) is 6.00. The number of hydrogen-bond donors (Lipinski definition) is 1. The first kappa shape index (κ1) is 13.2. The molecule has 3 heterocycles. The van der Waals surface area contributed by atoms with Crippen LogP contribution in [0.3, 0.4) is 0 Å². The lowest BCUT2D eigenvalue weighted by Crippen LogP contribution is -2.46. The quantitative estimate of drug-likeness (QED) is 0.896. The molecule has 2 aliphatic heterocycles. The monoisotopic (exact) mass is 280 g/mol. The normalized spacial score (nSPS) is 26.0. The van der Waals surface area contributed by atoms with Gasteiger partial charge in [-0.3, -0.25) is 9.88 Å². The zero-order valence-corrected chi connectivity index (χ0v) is 11.9. The number of nitrogens with zero attached hydrogens (tertiary/aromatic N) is 3. The molecule has 1 atom stereocenters. The third kappa shape index (κ3) is 2.86. The molecule has 2 aliphatic rings. The minimum Gasteiger partial charge on any atom is -0.369 e. The van der Waals surface area contributed by atoms with Gasteiger partial charge in [-0.25, -0.2) is 0 Å². The summed E-state index contributed by atoms with van der Waals surface area (Å²) in [5.74, 6) is 0. The molecule has 0 bridgehead atoms. The predicted octanol–water partition coefficient (Wildman–Crippen LogP) is 1.74. The van der Waals surface area contributed by atoms with Gasteiger partial charge in [-0.2, -0.15) is 0 Å². The molecule has 2 saturated heterocycles. The Balaban J connectivity index is 1.63. The zero-order valence-electron chi connectivity index (χ0n) is 11.1. The van der Waals surface area contributed by atoms with Crippen LogP contribution in [0, 0.1) is 0 Å². The highest BCUT2D eigenvalue weighted by molar-refractivity contribution is 6.33. The molecule has 3 rings (SSSR count). The summed E-state index contributed by atoms with van der Waals surface area (Å²) < 4.78 is 0. The Kier molecular flexibility index (Phi) is 3.91. The SMILES string of the molecule is NC1CCN(C2CCN(c3ccncc3Cl)C2)CC1. The average Bonchev–Trinajstić information content (AvgIpc) is 2.89. The van der Waals surface area contributed by atoms with Gasteiger partial charge in [0.1, 0.15) is 0 Å². The minimum absolute atomic E-state index is 0.406. The van der Waals surface area contributed by atoms with Crippen LogP contribution in [0.5, 0.6) is 0 Å².